The first-order chi connectivity index (χ1) is 8.36. The Kier molecular flexibility index (Phi) is 4.38. The standard InChI is InChI=1S/C16H32N2/c1-15(2)10-14(11-16(3,4)12-15)18-13-6-5-8-17-9-7-13/h13-14,17-18H,5-12H2,1-4H3. The van der Waals surface area contributed by atoms with Crippen LogP contribution in [0.4, 0.5) is 0 Å². The van der Waals surface area contributed by atoms with Crippen LogP contribution in [0.3, 0.4) is 0 Å². The largest absolute Gasteiger partial charge is 0.317 e. The van der Waals surface area contributed by atoms with Crippen LogP contribution in [0, 0.1) is 10.8 Å². The molecule has 0 radical (unpaired) electrons. The second kappa shape index (κ2) is 5.50. The average molecular weight is 252 g/mol. The SMILES string of the molecule is CC1(C)CC(NC2CCCNCC2)CC(C)(C)C1. The van der Waals surface area contributed by atoms with E-state index in [1.807, 2.05) is 0 Å². The van der Waals surface area contributed by atoms with Crippen LogP contribution in [0.15, 0.2) is 0 Å². The summed E-state index contributed by atoms with van der Waals surface area (Å²) in [4.78, 5) is 0. The molecule has 18 heavy (non-hydrogen) atoms. The van der Waals surface area contributed by atoms with Gasteiger partial charge in [-0.25, -0.2) is 0 Å². The molecule has 1 unspecified atom stereocenters. The van der Waals surface area contributed by atoms with Crippen LogP contribution in [0.5, 0.6) is 0 Å². The Morgan fingerprint density at radius 1 is 0.889 bits per heavy atom. The summed E-state index contributed by atoms with van der Waals surface area (Å²) in [6, 6.07) is 1.47. The molecule has 2 nitrogen and oxygen atoms in total. The molecule has 0 aromatic carbocycles. The van der Waals surface area contributed by atoms with E-state index in [0.717, 1.165) is 12.1 Å². The minimum absolute atomic E-state index is 0.502. The molecule has 1 aliphatic carbocycles. The molecule has 1 saturated heterocycles. The van der Waals surface area contributed by atoms with E-state index in [1.54, 1.807) is 0 Å². The third-order valence-corrected chi connectivity index (χ3v) is 4.60. The fourth-order valence-corrected chi connectivity index (χ4v) is 4.48. The van der Waals surface area contributed by atoms with E-state index in [0.29, 0.717) is 10.8 Å². The van der Waals surface area contributed by atoms with E-state index in [2.05, 4.69) is 38.3 Å². The van der Waals surface area contributed by atoms with Crippen LogP contribution in [-0.2, 0) is 0 Å². The molecule has 1 saturated carbocycles. The highest BCUT2D eigenvalue weighted by molar-refractivity contribution is 4.93. The van der Waals surface area contributed by atoms with E-state index in [-0.39, 0.29) is 0 Å². The zero-order valence-corrected chi connectivity index (χ0v) is 12.8. The highest BCUT2D eigenvalue weighted by atomic mass is 15.0. The Hall–Kier alpha value is -0.0800. The molecule has 2 rings (SSSR count). The van der Waals surface area contributed by atoms with Crippen molar-refractivity contribution in [1.82, 2.24) is 10.6 Å². The average Bonchev–Trinajstić information content (AvgIpc) is 2.40. The second-order valence-electron chi connectivity index (χ2n) is 8.15. The van der Waals surface area contributed by atoms with Crippen LogP contribution in [0.1, 0.15) is 66.2 Å². The molecule has 0 spiro atoms. The van der Waals surface area contributed by atoms with Crippen molar-refractivity contribution < 1.29 is 0 Å². The van der Waals surface area contributed by atoms with Crippen molar-refractivity contribution in [3.63, 3.8) is 0 Å². The third-order valence-electron chi connectivity index (χ3n) is 4.60. The van der Waals surface area contributed by atoms with Crippen molar-refractivity contribution in [3.05, 3.63) is 0 Å². The van der Waals surface area contributed by atoms with E-state index < -0.39 is 0 Å². The van der Waals surface area contributed by atoms with E-state index in [1.165, 1.54) is 51.6 Å². The molecule has 2 aliphatic rings. The maximum absolute atomic E-state index is 3.97. The number of hydrogen-bond acceptors (Lipinski definition) is 2. The molecule has 2 N–H and O–H groups in total. The van der Waals surface area contributed by atoms with Crippen molar-refractivity contribution in [3.8, 4) is 0 Å². The van der Waals surface area contributed by atoms with Crippen molar-refractivity contribution >= 4 is 0 Å². The lowest BCUT2D eigenvalue weighted by Gasteiger charge is -2.46. The molecule has 0 bridgehead atoms. The van der Waals surface area contributed by atoms with E-state index >= 15 is 0 Å². The van der Waals surface area contributed by atoms with Crippen LogP contribution in [0.2, 0.25) is 0 Å². The van der Waals surface area contributed by atoms with Gasteiger partial charge in [0, 0.05) is 12.1 Å². The molecule has 0 aromatic heterocycles. The van der Waals surface area contributed by atoms with Gasteiger partial charge < -0.3 is 10.6 Å². The van der Waals surface area contributed by atoms with Gasteiger partial charge in [-0.1, -0.05) is 27.7 Å². The number of rotatable bonds is 2. The Labute approximate surface area is 113 Å². The summed E-state index contributed by atoms with van der Waals surface area (Å²) in [5, 5.41) is 7.48. The molecule has 1 aliphatic heterocycles. The molecule has 0 amide bonds. The van der Waals surface area contributed by atoms with Gasteiger partial charge in [0.25, 0.3) is 0 Å². The smallest absolute Gasteiger partial charge is 0.00822 e. The lowest BCUT2D eigenvalue weighted by molar-refractivity contribution is 0.0794. The van der Waals surface area contributed by atoms with E-state index in [4.69, 9.17) is 0 Å². The highest BCUT2D eigenvalue weighted by Crippen LogP contribution is 2.45. The van der Waals surface area contributed by atoms with Gasteiger partial charge in [0.05, 0.1) is 0 Å². The molecule has 2 fully saturated rings. The predicted molar refractivity (Wildman–Crippen MR) is 78.8 cm³/mol. The topological polar surface area (TPSA) is 24.1 Å². The Morgan fingerprint density at radius 3 is 2.22 bits per heavy atom. The zero-order valence-electron chi connectivity index (χ0n) is 12.8. The first-order valence-corrected chi connectivity index (χ1v) is 7.83. The molecular weight excluding hydrogens is 220 g/mol. The lowest BCUT2D eigenvalue weighted by Crippen LogP contribution is -2.47. The highest BCUT2D eigenvalue weighted by Gasteiger charge is 2.38. The third kappa shape index (κ3) is 4.24. The monoisotopic (exact) mass is 252 g/mol. The van der Waals surface area contributed by atoms with Gasteiger partial charge >= 0.3 is 0 Å². The van der Waals surface area contributed by atoms with Gasteiger partial charge in [-0.3, -0.25) is 0 Å². The van der Waals surface area contributed by atoms with Gasteiger partial charge in [-0.05, 0) is 62.4 Å². The van der Waals surface area contributed by atoms with Gasteiger partial charge in [-0.2, -0.15) is 0 Å². The predicted octanol–water partition coefficient (Wildman–Crippen LogP) is 3.32. The number of nitrogens with one attached hydrogen (secondary N) is 2. The fourth-order valence-electron chi connectivity index (χ4n) is 4.48. The van der Waals surface area contributed by atoms with Crippen LogP contribution in [-0.4, -0.2) is 25.2 Å². The van der Waals surface area contributed by atoms with Gasteiger partial charge in [0.1, 0.15) is 0 Å². The van der Waals surface area contributed by atoms with E-state index in [9.17, 15) is 0 Å². The maximum Gasteiger partial charge on any atom is 0.00822 e. The van der Waals surface area contributed by atoms with Crippen molar-refractivity contribution in [2.75, 3.05) is 13.1 Å². The second-order valence-corrected chi connectivity index (χ2v) is 8.15. The van der Waals surface area contributed by atoms with Crippen LogP contribution >= 0.6 is 0 Å². The maximum atomic E-state index is 3.97. The normalized spacial score (nSPS) is 33.0. The minimum Gasteiger partial charge on any atom is -0.317 e. The first kappa shape index (κ1) is 14.3. The Balaban J connectivity index is 1.91. The fraction of sp³-hybridized carbons (Fsp3) is 1.00. The van der Waals surface area contributed by atoms with Crippen molar-refractivity contribution in [1.29, 1.82) is 0 Å². The Morgan fingerprint density at radius 2 is 1.56 bits per heavy atom. The molecule has 2 heteroatoms. The summed E-state index contributed by atoms with van der Waals surface area (Å²) in [5.74, 6) is 0. The van der Waals surface area contributed by atoms with Gasteiger partial charge in [-0.15, -0.1) is 0 Å². The van der Waals surface area contributed by atoms with Gasteiger partial charge in [0.15, 0.2) is 0 Å². The number of hydrogen-bond donors (Lipinski definition) is 2. The minimum atomic E-state index is 0.502. The van der Waals surface area contributed by atoms with Gasteiger partial charge in [0.2, 0.25) is 0 Å². The molecule has 0 aromatic rings. The molecule has 1 atom stereocenters. The van der Waals surface area contributed by atoms with Crippen LogP contribution in [0.25, 0.3) is 0 Å². The quantitative estimate of drug-likeness (QED) is 0.788. The first-order valence-electron chi connectivity index (χ1n) is 7.83. The summed E-state index contributed by atoms with van der Waals surface area (Å²) in [7, 11) is 0. The lowest BCUT2D eigenvalue weighted by atomic mass is 9.63. The van der Waals surface area contributed by atoms with Crippen molar-refractivity contribution in [2.24, 2.45) is 10.8 Å². The van der Waals surface area contributed by atoms with Crippen molar-refractivity contribution in [2.45, 2.75) is 78.3 Å². The molecule has 1 heterocycles. The van der Waals surface area contributed by atoms with Crippen LogP contribution < -0.4 is 10.6 Å². The molecular formula is C16H32N2. The zero-order chi connectivity index (χ0) is 13.2. The summed E-state index contributed by atoms with van der Waals surface area (Å²) < 4.78 is 0. The summed E-state index contributed by atoms with van der Waals surface area (Å²) >= 11 is 0. The molecule has 106 valence electrons. The summed E-state index contributed by atoms with van der Waals surface area (Å²) in [5.41, 5.74) is 1.00. The summed E-state index contributed by atoms with van der Waals surface area (Å²) in [6.07, 6.45) is 8.05. The summed E-state index contributed by atoms with van der Waals surface area (Å²) in [6.45, 7) is 12.2. The Bertz CT molecular complexity index is 246.